The number of ether oxygens (including phenoxy) is 1. The number of aryl methyl sites for hydroxylation is 1. The number of hydrogen-bond acceptors (Lipinski definition) is 5. The molecule has 0 radical (unpaired) electrons. The fourth-order valence-electron chi connectivity index (χ4n) is 1.48. The molecule has 2 aromatic rings. The third-order valence-corrected chi connectivity index (χ3v) is 2.46. The summed E-state index contributed by atoms with van der Waals surface area (Å²) in [5.41, 5.74) is 1.37. The van der Waals surface area contributed by atoms with Crippen molar-refractivity contribution in [3.8, 4) is 5.75 Å². The van der Waals surface area contributed by atoms with E-state index in [2.05, 4.69) is 10.5 Å². The molecule has 0 bridgehead atoms. The van der Waals surface area contributed by atoms with Crippen LogP contribution in [0.4, 0.5) is 5.88 Å². The van der Waals surface area contributed by atoms with Crippen LogP contribution in [0.3, 0.4) is 0 Å². The van der Waals surface area contributed by atoms with Crippen LogP contribution in [-0.2, 0) is 0 Å². The van der Waals surface area contributed by atoms with E-state index < -0.39 is 0 Å². The van der Waals surface area contributed by atoms with Crippen molar-refractivity contribution in [3.05, 3.63) is 53.9 Å². The molecule has 5 nitrogen and oxygen atoms in total. The van der Waals surface area contributed by atoms with Crippen LogP contribution in [-0.4, -0.2) is 18.0 Å². The van der Waals surface area contributed by atoms with Crippen LogP contribution in [0.25, 0.3) is 0 Å². The molecule has 1 aromatic carbocycles. The van der Waals surface area contributed by atoms with Crippen molar-refractivity contribution in [2.45, 2.75) is 6.92 Å². The van der Waals surface area contributed by atoms with E-state index in [-0.39, 0.29) is 5.78 Å². The Kier molecular flexibility index (Phi) is 3.97. The van der Waals surface area contributed by atoms with Gasteiger partial charge in [0.25, 0.3) is 0 Å². The Bertz CT molecular complexity index is 585. The number of carbonyl (C=O) groups is 1. The number of carbonyl (C=O) groups excluding carboxylic acids is 1. The van der Waals surface area contributed by atoms with Crippen LogP contribution in [0, 0.1) is 6.92 Å². The second kappa shape index (κ2) is 5.86. The minimum atomic E-state index is -0.105. The molecule has 1 aromatic heterocycles. The second-order valence-corrected chi connectivity index (χ2v) is 3.90. The summed E-state index contributed by atoms with van der Waals surface area (Å²) in [4.78, 5) is 11.8. The maximum Gasteiger partial charge on any atom is 0.228 e. The molecule has 0 spiro atoms. The number of anilines is 1. The number of nitrogens with one attached hydrogen (secondary N) is 1. The van der Waals surface area contributed by atoms with Crippen LogP contribution in [0.2, 0.25) is 0 Å². The highest BCUT2D eigenvalue weighted by atomic mass is 16.5. The Hall–Kier alpha value is -2.56. The molecule has 0 aliphatic heterocycles. The molecule has 0 aliphatic rings. The van der Waals surface area contributed by atoms with Gasteiger partial charge in [-0.05, 0) is 31.2 Å². The van der Waals surface area contributed by atoms with Crippen LogP contribution < -0.4 is 10.1 Å². The number of benzene rings is 1. The van der Waals surface area contributed by atoms with E-state index in [1.54, 1.807) is 37.4 Å². The molecule has 0 saturated carbocycles. The van der Waals surface area contributed by atoms with Gasteiger partial charge in [-0.2, -0.15) is 0 Å². The molecule has 19 heavy (non-hydrogen) atoms. The normalized spacial score (nSPS) is 10.6. The van der Waals surface area contributed by atoms with E-state index in [1.165, 1.54) is 12.3 Å². The highest BCUT2D eigenvalue weighted by molar-refractivity contribution is 6.04. The first kappa shape index (κ1) is 12.9. The zero-order valence-electron chi connectivity index (χ0n) is 10.7. The molecule has 2 rings (SSSR count). The van der Waals surface area contributed by atoms with Crippen LogP contribution in [0.5, 0.6) is 5.75 Å². The first-order valence-corrected chi connectivity index (χ1v) is 5.74. The number of nitrogens with zero attached hydrogens (tertiary/aromatic N) is 1. The highest BCUT2D eigenvalue weighted by Crippen LogP contribution is 2.12. The van der Waals surface area contributed by atoms with Crippen molar-refractivity contribution in [1.29, 1.82) is 0 Å². The second-order valence-electron chi connectivity index (χ2n) is 3.90. The molecule has 1 heterocycles. The van der Waals surface area contributed by atoms with E-state index in [9.17, 15) is 4.79 Å². The molecule has 1 N–H and O–H groups in total. The summed E-state index contributed by atoms with van der Waals surface area (Å²) >= 11 is 0. The molecule has 0 aliphatic carbocycles. The lowest BCUT2D eigenvalue weighted by atomic mass is 10.1. The monoisotopic (exact) mass is 258 g/mol. The quantitative estimate of drug-likeness (QED) is 0.660. The number of ketones is 1. The standard InChI is InChI=1S/C14H14N2O3/c1-10-9-14(19-16-10)15-8-7-13(17)11-3-5-12(18-2)6-4-11/h3-9,15H,1-2H3/b8-7-. The number of rotatable bonds is 5. The molecule has 0 amide bonds. The van der Waals surface area contributed by atoms with Gasteiger partial charge in [-0.3, -0.25) is 4.79 Å². The van der Waals surface area contributed by atoms with Crippen molar-refractivity contribution >= 4 is 11.7 Å². The van der Waals surface area contributed by atoms with E-state index in [0.717, 1.165) is 11.4 Å². The topological polar surface area (TPSA) is 64.4 Å². The SMILES string of the molecule is COc1ccc(C(=O)/C=C\Nc2cc(C)no2)cc1. The summed E-state index contributed by atoms with van der Waals surface area (Å²) < 4.78 is 9.97. The summed E-state index contributed by atoms with van der Waals surface area (Å²) in [6.45, 7) is 1.82. The maximum atomic E-state index is 11.8. The molecule has 0 saturated heterocycles. The number of aromatic nitrogens is 1. The lowest BCUT2D eigenvalue weighted by Gasteiger charge is -2.00. The Balaban J connectivity index is 1.96. The van der Waals surface area contributed by atoms with Crippen LogP contribution >= 0.6 is 0 Å². The molecular weight excluding hydrogens is 244 g/mol. The van der Waals surface area contributed by atoms with Gasteiger partial charge in [-0.15, -0.1) is 0 Å². The Morgan fingerprint density at radius 1 is 1.37 bits per heavy atom. The van der Waals surface area contributed by atoms with Gasteiger partial charge < -0.3 is 14.6 Å². The van der Waals surface area contributed by atoms with Gasteiger partial charge in [-0.25, -0.2) is 0 Å². The zero-order valence-corrected chi connectivity index (χ0v) is 10.7. The number of methoxy groups -OCH3 is 1. The minimum absolute atomic E-state index is 0.105. The Morgan fingerprint density at radius 2 is 2.11 bits per heavy atom. The van der Waals surface area contributed by atoms with Crippen molar-refractivity contribution in [2.75, 3.05) is 12.4 Å². The van der Waals surface area contributed by atoms with Gasteiger partial charge in [0.1, 0.15) is 5.75 Å². The van der Waals surface area contributed by atoms with Crippen molar-refractivity contribution in [2.24, 2.45) is 0 Å². The van der Waals surface area contributed by atoms with E-state index in [1.807, 2.05) is 6.92 Å². The average Bonchev–Trinajstić information content (AvgIpc) is 2.84. The summed E-state index contributed by atoms with van der Waals surface area (Å²) in [6, 6.07) is 8.65. The van der Waals surface area contributed by atoms with Crippen molar-refractivity contribution < 1.29 is 14.1 Å². The third-order valence-electron chi connectivity index (χ3n) is 2.46. The average molecular weight is 258 g/mol. The predicted octanol–water partition coefficient (Wildman–Crippen LogP) is 2.80. The van der Waals surface area contributed by atoms with Crippen molar-refractivity contribution in [3.63, 3.8) is 0 Å². The van der Waals surface area contributed by atoms with Crippen LogP contribution in [0.15, 0.2) is 47.1 Å². The summed E-state index contributed by atoms with van der Waals surface area (Å²) in [5.74, 6) is 1.11. The van der Waals surface area contributed by atoms with Gasteiger partial charge in [0.05, 0.1) is 12.8 Å². The Labute approximate surface area is 110 Å². The Morgan fingerprint density at radius 3 is 2.68 bits per heavy atom. The first-order chi connectivity index (χ1) is 9.19. The molecule has 5 heteroatoms. The van der Waals surface area contributed by atoms with Gasteiger partial charge in [0.15, 0.2) is 5.78 Å². The van der Waals surface area contributed by atoms with Gasteiger partial charge in [0.2, 0.25) is 5.88 Å². The number of allylic oxidation sites excluding steroid dienone is 1. The lowest BCUT2D eigenvalue weighted by Crippen LogP contribution is -1.96. The largest absolute Gasteiger partial charge is 0.497 e. The molecule has 0 unspecified atom stereocenters. The van der Waals surface area contributed by atoms with E-state index in [4.69, 9.17) is 9.26 Å². The van der Waals surface area contributed by atoms with Crippen molar-refractivity contribution in [1.82, 2.24) is 5.16 Å². The lowest BCUT2D eigenvalue weighted by molar-refractivity contribution is 0.104. The highest BCUT2D eigenvalue weighted by Gasteiger charge is 2.02. The predicted molar refractivity (Wildman–Crippen MR) is 71.3 cm³/mol. The van der Waals surface area contributed by atoms with E-state index in [0.29, 0.717) is 11.4 Å². The smallest absolute Gasteiger partial charge is 0.228 e. The third kappa shape index (κ3) is 3.45. The molecule has 98 valence electrons. The van der Waals surface area contributed by atoms with Gasteiger partial charge >= 0.3 is 0 Å². The van der Waals surface area contributed by atoms with E-state index >= 15 is 0 Å². The number of hydrogen-bond donors (Lipinski definition) is 1. The minimum Gasteiger partial charge on any atom is -0.497 e. The molecule has 0 fully saturated rings. The first-order valence-electron chi connectivity index (χ1n) is 5.74. The zero-order chi connectivity index (χ0) is 13.7. The van der Waals surface area contributed by atoms with Gasteiger partial charge in [-0.1, -0.05) is 5.16 Å². The fraction of sp³-hybridized carbons (Fsp3) is 0.143. The maximum absolute atomic E-state index is 11.8. The fourth-order valence-corrected chi connectivity index (χ4v) is 1.48. The summed E-state index contributed by atoms with van der Waals surface area (Å²) in [5, 5.41) is 6.55. The summed E-state index contributed by atoms with van der Waals surface area (Å²) in [6.07, 6.45) is 2.95. The summed E-state index contributed by atoms with van der Waals surface area (Å²) in [7, 11) is 1.58. The van der Waals surface area contributed by atoms with Crippen LogP contribution in [0.1, 0.15) is 16.1 Å². The molecular formula is C14H14N2O3. The van der Waals surface area contributed by atoms with Gasteiger partial charge in [0, 0.05) is 23.9 Å². The molecule has 0 atom stereocenters.